The minimum Gasteiger partial charge on any atom is -0.426 e. The number of carbonyl (C=O) groups is 2. The van der Waals surface area contributed by atoms with Crippen molar-refractivity contribution in [3.05, 3.63) is 65.2 Å². The van der Waals surface area contributed by atoms with Crippen LogP contribution >= 0.6 is 0 Å². The van der Waals surface area contributed by atoms with E-state index >= 15 is 0 Å². The lowest BCUT2D eigenvalue weighted by molar-refractivity contribution is -0.274. The summed E-state index contributed by atoms with van der Waals surface area (Å²) in [7, 11) is 0. The number of nitrogens with zero attached hydrogens (tertiary/aromatic N) is 2. The first kappa shape index (κ1) is 27.9. The Balaban J connectivity index is 1.38. The summed E-state index contributed by atoms with van der Waals surface area (Å²) in [5.41, 5.74) is 6.29. The van der Waals surface area contributed by atoms with Crippen molar-refractivity contribution in [2.24, 2.45) is 10.7 Å². The smallest absolute Gasteiger partial charge is 0.426 e. The number of rotatable bonds is 7. The summed E-state index contributed by atoms with van der Waals surface area (Å²) in [4.78, 5) is 29.3. The van der Waals surface area contributed by atoms with Crippen LogP contribution in [0.15, 0.2) is 47.5 Å². The number of piperidine rings is 1. The molecule has 1 atom stereocenters. The molecule has 8 nitrogen and oxygen atoms in total. The molecule has 0 radical (unpaired) electrons. The molecule has 3 N–H and O–H groups in total. The van der Waals surface area contributed by atoms with E-state index in [4.69, 9.17) is 10.5 Å². The number of ether oxygens (including phenoxy) is 2. The van der Waals surface area contributed by atoms with Crippen molar-refractivity contribution in [3.63, 3.8) is 0 Å². The number of allylic oxidation sites excluding steroid dienone is 1. The number of aliphatic imine (C=N–C) groups is 1. The van der Waals surface area contributed by atoms with Crippen LogP contribution in [0.4, 0.5) is 27.6 Å². The van der Waals surface area contributed by atoms with Gasteiger partial charge in [-0.1, -0.05) is 6.92 Å². The fourth-order valence-corrected chi connectivity index (χ4v) is 4.35. The lowest BCUT2D eigenvalue weighted by Gasteiger charge is -2.39. The molecule has 1 unspecified atom stereocenters. The van der Waals surface area contributed by atoms with Gasteiger partial charge in [-0.25, -0.2) is 13.8 Å². The van der Waals surface area contributed by atoms with Crippen molar-refractivity contribution in [1.29, 1.82) is 0 Å². The molecular weight excluding hydrogens is 527 g/mol. The Morgan fingerprint density at radius 3 is 2.36 bits per heavy atom. The average molecular weight is 553 g/mol. The minimum atomic E-state index is -4.80. The normalized spacial score (nSPS) is 19.0. The van der Waals surface area contributed by atoms with Crippen molar-refractivity contribution in [3.8, 4) is 5.75 Å². The molecular formula is C26H25F5N4O4. The fraction of sp³-hybridized carbons (Fsp3) is 0.346. The van der Waals surface area contributed by atoms with Crippen molar-refractivity contribution >= 4 is 29.3 Å². The van der Waals surface area contributed by atoms with Crippen LogP contribution < -0.4 is 20.7 Å². The summed E-state index contributed by atoms with van der Waals surface area (Å²) < 4.78 is 76.3. The number of alkyl halides is 3. The van der Waals surface area contributed by atoms with Gasteiger partial charge in [0.15, 0.2) is 0 Å². The van der Waals surface area contributed by atoms with Crippen LogP contribution in [-0.2, 0) is 14.3 Å². The van der Waals surface area contributed by atoms with Crippen molar-refractivity contribution in [1.82, 2.24) is 5.32 Å². The number of nitrogens with one attached hydrogen (secondary N) is 1. The standard InChI is InChI=1S/C26H25F5N4O4/c1-2-3-21(14-4-6-17(7-5-14)39-26(29,30)31)38-25(32)33-15-12-35(13-15)16-10-19(27)23(20(28)11-16)18-8-9-22(36)34-24(18)37/h3-7,10-11,15,18H,2,8-9,12-13H2,1H3,(H2,32,33)(H,34,36,37)/b21-3+. The van der Waals surface area contributed by atoms with E-state index in [1.807, 2.05) is 6.92 Å². The lowest BCUT2D eigenvalue weighted by Crippen LogP contribution is -2.51. The summed E-state index contributed by atoms with van der Waals surface area (Å²) in [6.07, 6.45) is -2.55. The highest BCUT2D eigenvalue weighted by molar-refractivity contribution is 6.01. The Morgan fingerprint density at radius 1 is 1.15 bits per heavy atom. The predicted molar refractivity (Wildman–Crippen MR) is 132 cm³/mol. The van der Waals surface area contributed by atoms with E-state index in [-0.39, 0.29) is 55.0 Å². The number of amidine groups is 1. The topological polar surface area (TPSA) is 106 Å². The number of carbonyl (C=O) groups excluding carboxylic acids is 2. The molecule has 2 saturated heterocycles. The van der Waals surface area contributed by atoms with E-state index in [0.29, 0.717) is 17.7 Å². The van der Waals surface area contributed by atoms with Gasteiger partial charge in [-0.2, -0.15) is 0 Å². The Bertz CT molecular complexity index is 1280. The van der Waals surface area contributed by atoms with Crippen LogP contribution in [0.1, 0.15) is 43.2 Å². The summed E-state index contributed by atoms with van der Waals surface area (Å²) in [6, 6.07) is 6.83. The second kappa shape index (κ2) is 11.3. The summed E-state index contributed by atoms with van der Waals surface area (Å²) in [5, 5.41) is 2.10. The van der Waals surface area contributed by atoms with Gasteiger partial charge in [0.05, 0.1) is 12.0 Å². The van der Waals surface area contributed by atoms with Crippen LogP contribution in [0.3, 0.4) is 0 Å². The summed E-state index contributed by atoms with van der Waals surface area (Å²) in [6.45, 7) is 2.42. The SMILES string of the molecule is CC/C=C(/OC(N)=NC1CN(c2cc(F)c(C3CCC(=O)NC3=O)c(F)c2)C1)c1ccc(OC(F)(F)F)cc1. The number of hydrogen-bond acceptors (Lipinski definition) is 6. The molecule has 2 aromatic rings. The highest BCUT2D eigenvalue weighted by Crippen LogP contribution is 2.34. The van der Waals surface area contributed by atoms with E-state index in [2.05, 4.69) is 15.0 Å². The third kappa shape index (κ3) is 6.84. The molecule has 2 fully saturated rings. The molecule has 0 spiro atoms. The molecule has 0 aliphatic carbocycles. The Kier molecular flexibility index (Phi) is 8.07. The molecule has 2 aliphatic heterocycles. The van der Waals surface area contributed by atoms with Gasteiger partial charge in [-0.15, -0.1) is 13.2 Å². The first-order valence-corrected chi connectivity index (χ1v) is 12.1. The molecule has 208 valence electrons. The van der Waals surface area contributed by atoms with E-state index in [1.54, 1.807) is 11.0 Å². The lowest BCUT2D eigenvalue weighted by atomic mass is 9.89. The van der Waals surface area contributed by atoms with E-state index in [1.165, 1.54) is 12.1 Å². The van der Waals surface area contributed by atoms with E-state index in [9.17, 15) is 31.5 Å². The zero-order valence-electron chi connectivity index (χ0n) is 20.7. The number of halogens is 5. The number of benzene rings is 2. The van der Waals surface area contributed by atoms with Crippen molar-refractivity contribution in [2.75, 3.05) is 18.0 Å². The van der Waals surface area contributed by atoms with Gasteiger partial charge in [-0.3, -0.25) is 14.9 Å². The molecule has 2 aliphatic rings. The van der Waals surface area contributed by atoms with Crippen LogP contribution in [-0.4, -0.2) is 43.3 Å². The van der Waals surface area contributed by atoms with Gasteiger partial charge in [-0.05, 0) is 55.3 Å². The highest BCUT2D eigenvalue weighted by Gasteiger charge is 2.34. The molecule has 2 amide bonds. The maximum atomic E-state index is 14.8. The van der Waals surface area contributed by atoms with Crippen LogP contribution in [0.2, 0.25) is 0 Å². The van der Waals surface area contributed by atoms with Crippen LogP contribution in [0.5, 0.6) is 5.75 Å². The summed E-state index contributed by atoms with van der Waals surface area (Å²) in [5.74, 6) is -4.13. The zero-order chi connectivity index (χ0) is 28.3. The van der Waals surface area contributed by atoms with Gasteiger partial charge in [0, 0.05) is 36.3 Å². The molecule has 2 aromatic carbocycles. The van der Waals surface area contributed by atoms with Crippen LogP contribution in [0, 0.1) is 11.6 Å². The molecule has 0 aromatic heterocycles. The quantitative estimate of drug-likeness (QED) is 0.174. The van der Waals surface area contributed by atoms with Crippen molar-refractivity contribution < 1.29 is 41.0 Å². The predicted octanol–water partition coefficient (Wildman–Crippen LogP) is 4.35. The Labute approximate surface area is 220 Å². The zero-order valence-corrected chi connectivity index (χ0v) is 20.7. The van der Waals surface area contributed by atoms with Crippen LogP contribution in [0.25, 0.3) is 5.76 Å². The van der Waals surface area contributed by atoms with Gasteiger partial charge in [0.2, 0.25) is 11.8 Å². The van der Waals surface area contributed by atoms with E-state index in [0.717, 1.165) is 24.3 Å². The van der Waals surface area contributed by atoms with Gasteiger partial charge < -0.3 is 20.1 Å². The van der Waals surface area contributed by atoms with Crippen molar-refractivity contribution in [2.45, 2.75) is 44.5 Å². The third-order valence-corrected chi connectivity index (χ3v) is 6.17. The Morgan fingerprint density at radius 2 is 1.79 bits per heavy atom. The Hall–Kier alpha value is -4.16. The van der Waals surface area contributed by atoms with Gasteiger partial charge in [0.1, 0.15) is 23.1 Å². The monoisotopic (exact) mass is 552 g/mol. The van der Waals surface area contributed by atoms with E-state index < -0.39 is 35.7 Å². The molecule has 39 heavy (non-hydrogen) atoms. The first-order valence-electron chi connectivity index (χ1n) is 12.1. The fourth-order valence-electron chi connectivity index (χ4n) is 4.35. The second-order valence-corrected chi connectivity index (χ2v) is 9.00. The first-order chi connectivity index (χ1) is 18.4. The molecule has 0 saturated carbocycles. The number of amides is 2. The molecule has 2 heterocycles. The number of imide groups is 1. The maximum absolute atomic E-state index is 14.8. The van der Waals surface area contributed by atoms with Gasteiger partial charge >= 0.3 is 6.36 Å². The average Bonchev–Trinajstić information content (AvgIpc) is 2.81. The van der Waals surface area contributed by atoms with Gasteiger partial charge in [0.25, 0.3) is 6.02 Å². The molecule has 4 rings (SSSR count). The number of nitrogens with two attached hydrogens (primary N) is 1. The highest BCUT2D eigenvalue weighted by atomic mass is 19.4. The number of anilines is 1. The largest absolute Gasteiger partial charge is 0.573 e. The molecule has 13 heteroatoms. The minimum absolute atomic E-state index is 0.000712. The maximum Gasteiger partial charge on any atom is 0.573 e. The summed E-state index contributed by atoms with van der Waals surface area (Å²) >= 11 is 0. The molecule has 0 bridgehead atoms. The second-order valence-electron chi connectivity index (χ2n) is 9.00. The third-order valence-electron chi connectivity index (χ3n) is 6.17. The number of hydrogen-bond donors (Lipinski definition) is 2.